The van der Waals surface area contributed by atoms with Crippen LogP contribution in [-0.4, -0.2) is 38.2 Å². The Morgan fingerprint density at radius 3 is 2.33 bits per heavy atom. The number of hydrogen-bond acceptors (Lipinski definition) is 4. The van der Waals surface area contributed by atoms with Crippen LogP contribution in [-0.2, 0) is 11.2 Å². The minimum Gasteiger partial charge on any atom is -0.337 e. The maximum Gasteiger partial charge on any atom is 0.266 e. The predicted molar refractivity (Wildman–Crippen MR) is 125 cm³/mol. The van der Waals surface area contributed by atoms with Gasteiger partial charge in [0.15, 0.2) is 5.16 Å². The van der Waals surface area contributed by atoms with Crippen LogP contribution in [0, 0.1) is 0 Å². The van der Waals surface area contributed by atoms with E-state index in [0.717, 1.165) is 17.7 Å². The van der Waals surface area contributed by atoms with Crippen LogP contribution in [0.5, 0.6) is 0 Å². The molecule has 0 atom stereocenters. The van der Waals surface area contributed by atoms with Gasteiger partial charge >= 0.3 is 0 Å². The first-order chi connectivity index (χ1) is 14.3. The highest BCUT2D eigenvalue weighted by atomic mass is 32.2. The quantitative estimate of drug-likeness (QED) is 0.409. The normalized spacial score (nSPS) is 11.4. The van der Waals surface area contributed by atoms with E-state index in [2.05, 4.69) is 6.92 Å². The third-order valence-corrected chi connectivity index (χ3v) is 6.01. The average Bonchev–Trinajstić information content (AvgIpc) is 2.72. The van der Waals surface area contributed by atoms with Gasteiger partial charge in [0.2, 0.25) is 5.91 Å². The summed E-state index contributed by atoms with van der Waals surface area (Å²) in [4.78, 5) is 33.0. The Labute approximate surface area is 182 Å². The summed E-state index contributed by atoms with van der Waals surface area (Å²) >= 11 is 1.32. The monoisotopic (exact) mass is 423 g/mol. The van der Waals surface area contributed by atoms with Gasteiger partial charge in [-0.05, 0) is 57.9 Å². The summed E-state index contributed by atoms with van der Waals surface area (Å²) in [6.45, 7) is 10.1. The fraction of sp³-hybridized carbons (Fsp3) is 0.375. The topological polar surface area (TPSA) is 55.2 Å². The number of hydrogen-bond donors (Lipinski definition) is 0. The molecule has 0 fully saturated rings. The number of fused-ring (bicyclic) bond motifs is 1. The summed E-state index contributed by atoms with van der Waals surface area (Å²) in [5.41, 5.74) is 2.42. The van der Waals surface area contributed by atoms with Crippen molar-refractivity contribution in [2.45, 2.75) is 58.3 Å². The van der Waals surface area contributed by atoms with Crippen LogP contribution in [0.15, 0.2) is 58.5 Å². The molecule has 158 valence electrons. The van der Waals surface area contributed by atoms with Crippen LogP contribution in [0.1, 0.15) is 40.2 Å². The maximum atomic E-state index is 13.4. The zero-order valence-electron chi connectivity index (χ0n) is 18.3. The summed E-state index contributed by atoms with van der Waals surface area (Å²) in [5, 5.41) is 1.12. The fourth-order valence-electron chi connectivity index (χ4n) is 3.82. The summed E-state index contributed by atoms with van der Waals surface area (Å²) in [5.74, 6) is 0.276. The zero-order valence-corrected chi connectivity index (χ0v) is 19.1. The van der Waals surface area contributed by atoms with E-state index in [4.69, 9.17) is 4.98 Å². The van der Waals surface area contributed by atoms with E-state index in [1.54, 1.807) is 10.6 Å². The van der Waals surface area contributed by atoms with Gasteiger partial charge in [-0.2, -0.15) is 0 Å². The number of aryl methyl sites for hydroxylation is 1. The number of aromatic nitrogens is 2. The van der Waals surface area contributed by atoms with Gasteiger partial charge < -0.3 is 4.90 Å². The smallest absolute Gasteiger partial charge is 0.266 e. The van der Waals surface area contributed by atoms with Crippen molar-refractivity contribution in [3.05, 3.63) is 64.4 Å². The van der Waals surface area contributed by atoms with Gasteiger partial charge in [0.1, 0.15) is 0 Å². The first-order valence-electron chi connectivity index (χ1n) is 10.4. The molecule has 0 aliphatic carbocycles. The largest absolute Gasteiger partial charge is 0.337 e. The average molecular weight is 424 g/mol. The molecule has 5 nitrogen and oxygen atoms in total. The molecular weight excluding hydrogens is 394 g/mol. The number of thioether (sulfide) groups is 1. The van der Waals surface area contributed by atoms with E-state index < -0.39 is 0 Å². The lowest BCUT2D eigenvalue weighted by Gasteiger charge is -2.30. The molecule has 0 bridgehead atoms. The highest BCUT2D eigenvalue weighted by Gasteiger charge is 2.22. The molecule has 30 heavy (non-hydrogen) atoms. The molecule has 0 spiro atoms. The van der Waals surface area contributed by atoms with E-state index in [0.29, 0.717) is 16.1 Å². The van der Waals surface area contributed by atoms with Crippen molar-refractivity contribution in [3.8, 4) is 5.69 Å². The van der Waals surface area contributed by atoms with Crippen molar-refractivity contribution >= 4 is 28.6 Å². The van der Waals surface area contributed by atoms with Gasteiger partial charge in [-0.15, -0.1) is 0 Å². The minimum atomic E-state index is -0.110. The molecular formula is C24H29N3O2S. The lowest BCUT2D eigenvalue weighted by molar-refractivity contribution is -0.131. The first kappa shape index (κ1) is 22.1. The molecule has 1 aromatic heterocycles. The second kappa shape index (κ2) is 9.47. The third-order valence-electron chi connectivity index (χ3n) is 5.08. The van der Waals surface area contributed by atoms with Crippen molar-refractivity contribution in [1.82, 2.24) is 14.5 Å². The van der Waals surface area contributed by atoms with Crippen LogP contribution < -0.4 is 5.56 Å². The van der Waals surface area contributed by atoms with Crippen LogP contribution in [0.25, 0.3) is 16.6 Å². The molecule has 3 aromatic rings. The zero-order chi connectivity index (χ0) is 21.8. The Morgan fingerprint density at radius 2 is 1.67 bits per heavy atom. The Bertz CT molecular complexity index is 1100. The van der Waals surface area contributed by atoms with Gasteiger partial charge in [-0.1, -0.05) is 49.0 Å². The molecule has 0 saturated carbocycles. The maximum absolute atomic E-state index is 13.4. The van der Waals surface area contributed by atoms with E-state index in [1.807, 2.05) is 75.1 Å². The van der Waals surface area contributed by atoms with Gasteiger partial charge in [0, 0.05) is 12.1 Å². The molecule has 1 amide bonds. The second-order valence-electron chi connectivity index (χ2n) is 7.81. The van der Waals surface area contributed by atoms with Crippen molar-refractivity contribution in [1.29, 1.82) is 0 Å². The molecule has 6 heteroatoms. The van der Waals surface area contributed by atoms with E-state index in [9.17, 15) is 9.59 Å². The molecule has 0 aliphatic rings. The minimum absolute atomic E-state index is 0.0442. The molecule has 1 heterocycles. The van der Waals surface area contributed by atoms with E-state index >= 15 is 0 Å². The van der Waals surface area contributed by atoms with Crippen molar-refractivity contribution in [2.75, 3.05) is 5.75 Å². The number of carbonyl (C=O) groups excluding carboxylic acids is 1. The van der Waals surface area contributed by atoms with Crippen molar-refractivity contribution in [3.63, 3.8) is 0 Å². The Kier molecular flexibility index (Phi) is 6.98. The van der Waals surface area contributed by atoms with Crippen LogP contribution in [0.4, 0.5) is 0 Å². The van der Waals surface area contributed by atoms with Gasteiger partial charge in [0.05, 0.1) is 22.3 Å². The Balaban J connectivity index is 2.09. The standard InChI is InChI=1S/C24H29N3O2S/c1-6-18-11-7-10-14-21(18)27-23(29)19-12-8-9-13-20(19)25-24(27)30-15-22(28)26(16(2)3)17(4)5/h7-14,16-17H,6,15H2,1-5H3. The van der Waals surface area contributed by atoms with Gasteiger partial charge in [0.25, 0.3) is 5.56 Å². The lowest BCUT2D eigenvalue weighted by Crippen LogP contribution is -2.43. The summed E-state index contributed by atoms with van der Waals surface area (Å²) < 4.78 is 1.66. The van der Waals surface area contributed by atoms with Gasteiger partial charge in [-0.3, -0.25) is 14.2 Å². The number of para-hydroxylation sites is 2. The number of nitrogens with zero attached hydrogens (tertiary/aromatic N) is 3. The molecule has 0 radical (unpaired) electrons. The van der Waals surface area contributed by atoms with E-state index in [1.165, 1.54) is 11.8 Å². The molecule has 0 N–H and O–H groups in total. The summed E-state index contributed by atoms with van der Waals surface area (Å²) in [7, 11) is 0. The van der Waals surface area contributed by atoms with Gasteiger partial charge in [-0.25, -0.2) is 4.98 Å². The number of benzene rings is 2. The third kappa shape index (κ3) is 4.43. The molecule has 2 aromatic carbocycles. The van der Waals surface area contributed by atoms with Crippen molar-refractivity contribution < 1.29 is 4.79 Å². The Morgan fingerprint density at radius 1 is 1.03 bits per heavy atom. The van der Waals surface area contributed by atoms with Crippen LogP contribution in [0.3, 0.4) is 0 Å². The SMILES string of the molecule is CCc1ccccc1-n1c(SCC(=O)N(C(C)C)C(C)C)nc2ccccc2c1=O. The number of rotatable bonds is 7. The van der Waals surface area contributed by atoms with Crippen molar-refractivity contribution in [2.24, 2.45) is 0 Å². The highest BCUT2D eigenvalue weighted by Crippen LogP contribution is 2.24. The predicted octanol–water partition coefficient (Wildman–Crippen LogP) is 4.69. The second-order valence-corrected chi connectivity index (χ2v) is 8.75. The summed E-state index contributed by atoms with van der Waals surface area (Å²) in [6, 6.07) is 15.5. The lowest BCUT2D eigenvalue weighted by atomic mass is 10.1. The van der Waals surface area contributed by atoms with Crippen LogP contribution in [0.2, 0.25) is 0 Å². The molecule has 0 unspecified atom stereocenters. The highest BCUT2D eigenvalue weighted by molar-refractivity contribution is 7.99. The summed E-state index contributed by atoms with van der Waals surface area (Å²) in [6.07, 6.45) is 0.799. The first-order valence-corrected chi connectivity index (χ1v) is 11.4. The van der Waals surface area contributed by atoms with E-state index in [-0.39, 0.29) is 29.3 Å². The number of carbonyl (C=O) groups is 1. The molecule has 3 rings (SSSR count). The van der Waals surface area contributed by atoms with Crippen LogP contribution >= 0.6 is 11.8 Å². The molecule has 0 saturated heterocycles. The fourth-order valence-corrected chi connectivity index (χ4v) is 4.70. The molecule has 0 aliphatic heterocycles. The Hall–Kier alpha value is -2.60. The number of amides is 1.